The molecule has 0 radical (unpaired) electrons. The van der Waals surface area contributed by atoms with Crippen molar-refractivity contribution in [2.45, 2.75) is 12.8 Å². The monoisotopic (exact) mass is 283 g/mol. The summed E-state index contributed by atoms with van der Waals surface area (Å²) in [5, 5.41) is 12.3. The number of carboxylic acids is 1. The standard InChI is InChI=1S/C16H17N3O2/c20-16(21)14-11-17-8-7-15(14)18-12-3-5-13(6-4-12)19-9-1-2-10-19/h3-8,11H,1-2,9-10H2,(H,17,18)(H,20,21). The molecule has 2 N–H and O–H groups in total. The predicted molar refractivity (Wildman–Crippen MR) is 82.4 cm³/mol. The fraction of sp³-hybridized carbons (Fsp3) is 0.250. The second-order valence-electron chi connectivity index (χ2n) is 5.09. The van der Waals surface area contributed by atoms with Crippen molar-refractivity contribution in [2.75, 3.05) is 23.3 Å². The van der Waals surface area contributed by atoms with Crippen LogP contribution in [0.15, 0.2) is 42.7 Å². The van der Waals surface area contributed by atoms with E-state index in [1.165, 1.54) is 24.7 Å². The van der Waals surface area contributed by atoms with E-state index in [9.17, 15) is 4.79 Å². The quantitative estimate of drug-likeness (QED) is 0.902. The molecule has 0 unspecified atom stereocenters. The Balaban J connectivity index is 1.77. The van der Waals surface area contributed by atoms with Crippen LogP contribution in [0.4, 0.5) is 17.1 Å². The van der Waals surface area contributed by atoms with E-state index in [2.05, 4.69) is 27.3 Å². The predicted octanol–water partition coefficient (Wildman–Crippen LogP) is 3.12. The van der Waals surface area contributed by atoms with Crippen LogP contribution >= 0.6 is 0 Å². The molecule has 2 heterocycles. The number of hydrogen-bond acceptors (Lipinski definition) is 4. The lowest BCUT2D eigenvalue weighted by atomic mass is 10.2. The van der Waals surface area contributed by atoms with Crippen LogP contribution in [0.1, 0.15) is 23.2 Å². The van der Waals surface area contributed by atoms with Gasteiger partial charge in [0.1, 0.15) is 5.56 Å². The number of nitrogens with one attached hydrogen (secondary N) is 1. The highest BCUT2D eigenvalue weighted by Crippen LogP contribution is 2.25. The number of carbonyl (C=O) groups is 1. The minimum Gasteiger partial charge on any atom is -0.478 e. The third kappa shape index (κ3) is 2.97. The number of anilines is 3. The summed E-state index contributed by atoms with van der Waals surface area (Å²) in [6.07, 6.45) is 5.43. The van der Waals surface area contributed by atoms with Crippen molar-refractivity contribution in [3.63, 3.8) is 0 Å². The maximum absolute atomic E-state index is 11.2. The summed E-state index contributed by atoms with van der Waals surface area (Å²) in [7, 11) is 0. The van der Waals surface area contributed by atoms with E-state index in [0.717, 1.165) is 18.8 Å². The number of benzene rings is 1. The first-order valence-corrected chi connectivity index (χ1v) is 7.03. The first kappa shape index (κ1) is 13.4. The van der Waals surface area contributed by atoms with Crippen molar-refractivity contribution < 1.29 is 9.90 Å². The molecule has 0 saturated carbocycles. The number of rotatable bonds is 4. The molecular formula is C16H17N3O2. The summed E-state index contributed by atoms with van der Waals surface area (Å²) in [5.41, 5.74) is 2.80. The van der Waals surface area contributed by atoms with E-state index in [4.69, 9.17) is 5.11 Å². The summed E-state index contributed by atoms with van der Waals surface area (Å²) < 4.78 is 0. The zero-order valence-corrected chi connectivity index (χ0v) is 11.6. The van der Waals surface area contributed by atoms with Gasteiger partial charge in [-0.25, -0.2) is 4.79 Å². The van der Waals surface area contributed by atoms with Gasteiger partial charge in [-0.3, -0.25) is 4.98 Å². The van der Waals surface area contributed by atoms with Gasteiger partial charge in [-0.2, -0.15) is 0 Å². The van der Waals surface area contributed by atoms with Crippen LogP contribution in [-0.2, 0) is 0 Å². The SMILES string of the molecule is O=C(O)c1cnccc1Nc1ccc(N2CCCC2)cc1. The van der Waals surface area contributed by atoms with Gasteiger partial charge in [0.15, 0.2) is 0 Å². The fourth-order valence-corrected chi connectivity index (χ4v) is 2.56. The molecule has 0 bridgehead atoms. The van der Waals surface area contributed by atoms with E-state index < -0.39 is 5.97 Å². The molecule has 0 atom stereocenters. The highest BCUT2D eigenvalue weighted by Gasteiger charge is 2.13. The van der Waals surface area contributed by atoms with Gasteiger partial charge in [0, 0.05) is 36.9 Å². The molecule has 1 aromatic heterocycles. The van der Waals surface area contributed by atoms with Crippen LogP contribution in [0.2, 0.25) is 0 Å². The van der Waals surface area contributed by atoms with Gasteiger partial charge in [0.05, 0.1) is 5.69 Å². The van der Waals surface area contributed by atoms with Gasteiger partial charge in [0.2, 0.25) is 0 Å². The molecule has 5 heteroatoms. The first-order valence-electron chi connectivity index (χ1n) is 7.03. The Hall–Kier alpha value is -2.56. The molecule has 0 spiro atoms. The molecule has 1 aromatic carbocycles. The third-order valence-corrected chi connectivity index (χ3v) is 3.67. The molecule has 5 nitrogen and oxygen atoms in total. The highest BCUT2D eigenvalue weighted by molar-refractivity contribution is 5.94. The molecule has 1 saturated heterocycles. The maximum atomic E-state index is 11.2. The molecule has 0 aliphatic carbocycles. The molecule has 108 valence electrons. The van der Waals surface area contributed by atoms with Crippen molar-refractivity contribution in [1.29, 1.82) is 0 Å². The Morgan fingerprint density at radius 2 is 1.86 bits per heavy atom. The van der Waals surface area contributed by atoms with Crippen LogP contribution < -0.4 is 10.2 Å². The summed E-state index contributed by atoms with van der Waals surface area (Å²) in [6.45, 7) is 2.22. The highest BCUT2D eigenvalue weighted by atomic mass is 16.4. The largest absolute Gasteiger partial charge is 0.478 e. The van der Waals surface area contributed by atoms with E-state index in [0.29, 0.717) is 5.69 Å². The van der Waals surface area contributed by atoms with E-state index in [1.807, 2.05) is 12.1 Å². The zero-order chi connectivity index (χ0) is 14.7. The number of pyridine rings is 1. The van der Waals surface area contributed by atoms with Gasteiger partial charge in [0.25, 0.3) is 0 Å². The van der Waals surface area contributed by atoms with Crippen LogP contribution in [-0.4, -0.2) is 29.1 Å². The molecular weight excluding hydrogens is 266 g/mol. The normalized spacial score (nSPS) is 14.2. The second kappa shape index (κ2) is 5.83. The molecule has 0 amide bonds. The average molecular weight is 283 g/mol. The van der Waals surface area contributed by atoms with Crippen molar-refractivity contribution in [3.05, 3.63) is 48.3 Å². The summed E-state index contributed by atoms with van der Waals surface area (Å²) >= 11 is 0. The Labute approximate surface area is 123 Å². The van der Waals surface area contributed by atoms with Crippen molar-refractivity contribution in [1.82, 2.24) is 4.98 Å². The van der Waals surface area contributed by atoms with Crippen molar-refractivity contribution in [3.8, 4) is 0 Å². The molecule has 21 heavy (non-hydrogen) atoms. The Kier molecular flexibility index (Phi) is 3.73. The summed E-state index contributed by atoms with van der Waals surface area (Å²) in [6, 6.07) is 9.74. The number of aromatic nitrogens is 1. The van der Waals surface area contributed by atoms with Gasteiger partial charge in [-0.15, -0.1) is 0 Å². The lowest BCUT2D eigenvalue weighted by molar-refractivity contribution is 0.0697. The second-order valence-corrected chi connectivity index (χ2v) is 5.09. The van der Waals surface area contributed by atoms with Crippen LogP contribution in [0.5, 0.6) is 0 Å². The lowest BCUT2D eigenvalue weighted by Crippen LogP contribution is -2.17. The Bertz CT molecular complexity index is 634. The summed E-state index contributed by atoms with van der Waals surface area (Å²) in [5.74, 6) is -0.987. The van der Waals surface area contributed by atoms with E-state index >= 15 is 0 Å². The first-order chi connectivity index (χ1) is 10.2. The average Bonchev–Trinajstić information content (AvgIpc) is 3.03. The van der Waals surface area contributed by atoms with Crippen LogP contribution in [0, 0.1) is 0 Å². The molecule has 1 fully saturated rings. The summed E-state index contributed by atoms with van der Waals surface area (Å²) in [4.78, 5) is 17.4. The fourth-order valence-electron chi connectivity index (χ4n) is 2.56. The van der Waals surface area contributed by atoms with Crippen LogP contribution in [0.25, 0.3) is 0 Å². The molecule has 3 rings (SSSR count). The smallest absolute Gasteiger partial charge is 0.339 e. The van der Waals surface area contributed by atoms with E-state index in [1.54, 1.807) is 12.3 Å². The molecule has 2 aromatic rings. The van der Waals surface area contributed by atoms with E-state index in [-0.39, 0.29) is 5.56 Å². The van der Waals surface area contributed by atoms with Gasteiger partial charge in [-0.1, -0.05) is 0 Å². The van der Waals surface area contributed by atoms with Gasteiger partial charge >= 0.3 is 5.97 Å². The number of nitrogens with zero attached hydrogens (tertiary/aromatic N) is 2. The lowest BCUT2D eigenvalue weighted by Gasteiger charge is -2.18. The topological polar surface area (TPSA) is 65.5 Å². The minimum absolute atomic E-state index is 0.168. The minimum atomic E-state index is -0.987. The van der Waals surface area contributed by atoms with Gasteiger partial charge in [-0.05, 0) is 43.2 Å². The zero-order valence-electron chi connectivity index (χ0n) is 11.6. The van der Waals surface area contributed by atoms with Gasteiger partial charge < -0.3 is 15.3 Å². The molecule has 1 aliphatic rings. The number of hydrogen-bond donors (Lipinski definition) is 2. The Morgan fingerprint density at radius 1 is 1.14 bits per heavy atom. The van der Waals surface area contributed by atoms with Crippen LogP contribution in [0.3, 0.4) is 0 Å². The van der Waals surface area contributed by atoms with Crippen molar-refractivity contribution in [2.24, 2.45) is 0 Å². The number of aromatic carboxylic acids is 1. The Morgan fingerprint density at radius 3 is 2.52 bits per heavy atom. The maximum Gasteiger partial charge on any atom is 0.339 e. The number of carboxylic acid groups (broad SMARTS) is 1. The third-order valence-electron chi connectivity index (χ3n) is 3.67. The van der Waals surface area contributed by atoms with Crippen molar-refractivity contribution >= 4 is 23.0 Å². The molecule has 1 aliphatic heterocycles.